The third kappa shape index (κ3) is 4.34. The van der Waals surface area contributed by atoms with E-state index in [1.165, 1.54) is 0 Å². The van der Waals surface area contributed by atoms with Crippen LogP contribution in [0.1, 0.15) is 37.6 Å². The number of aryl methyl sites for hydroxylation is 1. The van der Waals surface area contributed by atoms with Gasteiger partial charge in [0.2, 0.25) is 11.8 Å². The summed E-state index contributed by atoms with van der Waals surface area (Å²) in [6.45, 7) is 4.66. The second kappa shape index (κ2) is 7.99. The molecule has 0 aliphatic rings. The van der Waals surface area contributed by atoms with E-state index in [9.17, 15) is 4.79 Å². The Labute approximate surface area is 135 Å². The summed E-state index contributed by atoms with van der Waals surface area (Å²) in [6.07, 6.45) is 3.50. The van der Waals surface area contributed by atoms with E-state index in [1.54, 1.807) is 6.07 Å². The minimum absolute atomic E-state index is 0.0294. The molecule has 0 unspecified atom stereocenters. The van der Waals surface area contributed by atoms with Gasteiger partial charge < -0.3 is 9.73 Å². The first-order chi connectivity index (χ1) is 10.6. The molecule has 5 heteroatoms. The second-order valence-corrected chi connectivity index (χ2v) is 5.64. The van der Waals surface area contributed by atoms with Crippen molar-refractivity contribution in [3.8, 4) is 11.5 Å². The molecule has 0 aliphatic carbocycles. The number of hydrogen-bond acceptors (Lipinski definition) is 3. The van der Waals surface area contributed by atoms with Crippen molar-refractivity contribution in [3.05, 3.63) is 40.7 Å². The van der Waals surface area contributed by atoms with Crippen molar-refractivity contribution >= 4 is 17.5 Å². The SMILES string of the molecule is CCCCCNC(=O)Cc1nc(-c2ccccc2Cl)oc1C. The van der Waals surface area contributed by atoms with Crippen molar-refractivity contribution in [2.24, 2.45) is 0 Å². The number of carbonyl (C=O) groups is 1. The minimum atomic E-state index is -0.0294. The summed E-state index contributed by atoms with van der Waals surface area (Å²) in [4.78, 5) is 16.3. The van der Waals surface area contributed by atoms with Crippen molar-refractivity contribution < 1.29 is 9.21 Å². The first-order valence-electron chi connectivity index (χ1n) is 7.59. The molecule has 0 radical (unpaired) electrons. The van der Waals surface area contributed by atoms with E-state index in [2.05, 4.69) is 17.2 Å². The van der Waals surface area contributed by atoms with Crippen LogP contribution in [-0.4, -0.2) is 17.4 Å². The van der Waals surface area contributed by atoms with Gasteiger partial charge in [0.1, 0.15) is 5.76 Å². The zero-order valence-corrected chi connectivity index (χ0v) is 13.7. The number of unbranched alkanes of at least 4 members (excludes halogenated alkanes) is 2. The van der Waals surface area contributed by atoms with Gasteiger partial charge in [-0.3, -0.25) is 4.79 Å². The molecule has 0 fully saturated rings. The van der Waals surface area contributed by atoms with Gasteiger partial charge in [-0.1, -0.05) is 43.5 Å². The van der Waals surface area contributed by atoms with Crippen LogP contribution in [0.5, 0.6) is 0 Å². The van der Waals surface area contributed by atoms with Gasteiger partial charge in [-0.05, 0) is 25.5 Å². The van der Waals surface area contributed by atoms with E-state index in [-0.39, 0.29) is 12.3 Å². The maximum Gasteiger partial charge on any atom is 0.228 e. The predicted octanol–water partition coefficient (Wildman–Crippen LogP) is 4.15. The smallest absolute Gasteiger partial charge is 0.228 e. The van der Waals surface area contributed by atoms with Crippen molar-refractivity contribution in [1.29, 1.82) is 0 Å². The zero-order valence-electron chi connectivity index (χ0n) is 13.0. The number of hydrogen-bond donors (Lipinski definition) is 1. The Morgan fingerprint density at radius 2 is 2.09 bits per heavy atom. The third-order valence-corrected chi connectivity index (χ3v) is 3.76. The number of oxazole rings is 1. The van der Waals surface area contributed by atoms with Gasteiger partial charge in [0.05, 0.1) is 22.7 Å². The van der Waals surface area contributed by atoms with Crippen molar-refractivity contribution in [2.45, 2.75) is 39.5 Å². The Morgan fingerprint density at radius 1 is 1.32 bits per heavy atom. The van der Waals surface area contributed by atoms with E-state index in [4.69, 9.17) is 16.0 Å². The quantitative estimate of drug-likeness (QED) is 0.780. The molecular weight excluding hydrogens is 300 g/mol. The molecule has 0 saturated heterocycles. The first-order valence-corrected chi connectivity index (χ1v) is 7.97. The number of benzene rings is 1. The Bertz CT molecular complexity index is 637. The summed E-state index contributed by atoms with van der Waals surface area (Å²) in [5, 5.41) is 3.49. The molecular formula is C17H21ClN2O2. The number of aromatic nitrogens is 1. The molecule has 1 aromatic carbocycles. The van der Waals surface area contributed by atoms with Crippen molar-refractivity contribution in [3.63, 3.8) is 0 Å². The molecule has 118 valence electrons. The second-order valence-electron chi connectivity index (χ2n) is 5.24. The van der Waals surface area contributed by atoms with Gasteiger partial charge >= 0.3 is 0 Å². The van der Waals surface area contributed by atoms with Crippen LogP contribution in [0, 0.1) is 6.92 Å². The Kier molecular flexibility index (Phi) is 6.01. The number of nitrogens with one attached hydrogen (secondary N) is 1. The summed E-state index contributed by atoms with van der Waals surface area (Å²) in [5.74, 6) is 1.08. The van der Waals surface area contributed by atoms with Crippen LogP contribution in [-0.2, 0) is 11.2 Å². The maximum absolute atomic E-state index is 11.9. The number of nitrogens with zero attached hydrogens (tertiary/aromatic N) is 1. The first kappa shape index (κ1) is 16.6. The predicted molar refractivity (Wildman–Crippen MR) is 87.9 cm³/mol. The highest BCUT2D eigenvalue weighted by molar-refractivity contribution is 6.33. The highest BCUT2D eigenvalue weighted by Gasteiger charge is 2.15. The van der Waals surface area contributed by atoms with Crippen LogP contribution >= 0.6 is 11.6 Å². The lowest BCUT2D eigenvalue weighted by Crippen LogP contribution is -2.26. The number of rotatable bonds is 7. The third-order valence-electron chi connectivity index (χ3n) is 3.43. The van der Waals surface area contributed by atoms with E-state index in [0.29, 0.717) is 28.9 Å². The average Bonchev–Trinajstić information content (AvgIpc) is 2.85. The fourth-order valence-electron chi connectivity index (χ4n) is 2.16. The highest BCUT2D eigenvalue weighted by Crippen LogP contribution is 2.28. The molecule has 1 aromatic heterocycles. The molecule has 2 aromatic rings. The lowest BCUT2D eigenvalue weighted by atomic mass is 10.2. The van der Waals surface area contributed by atoms with Gasteiger partial charge in [-0.25, -0.2) is 4.98 Å². The number of halogens is 1. The van der Waals surface area contributed by atoms with Crippen LogP contribution in [0.15, 0.2) is 28.7 Å². The van der Waals surface area contributed by atoms with E-state index >= 15 is 0 Å². The van der Waals surface area contributed by atoms with Crippen LogP contribution in [0.25, 0.3) is 11.5 Å². The van der Waals surface area contributed by atoms with Crippen LogP contribution < -0.4 is 5.32 Å². The summed E-state index contributed by atoms with van der Waals surface area (Å²) in [5.41, 5.74) is 1.39. The molecule has 0 saturated carbocycles. The topological polar surface area (TPSA) is 55.1 Å². The molecule has 22 heavy (non-hydrogen) atoms. The lowest BCUT2D eigenvalue weighted by Gasteiger charge is -2.03. The van der Waals surface area contributed by atoms with E-state index < -0.39 is 0 Å². The average molecular weight is 321 g/mol. The highest BCUT2D eigenvalue weighted by atomic mass is 35.5. The largest absolute Gasteiger partial charge is 0.441 e. The van der Waals surface area contributed by atoms with E-state index in [0.717, 1.165) is 24.8 Å². The monoisotopic (exact) mass is 320 g/mol. The van der Waals surface area contributed by atoms with Gasteiger partial charge in [0, 0.05) is 6.54 Å². The molecule has 0 spiro atoms. The summed E-state index contributed by atoms with van der Waals surface area (Å²) in [7, 11) is 0. The molecule has 1 N–H and O–H groups in total. The molecule has 1 amide bonds. The van der Waals surface area contributed by atoms with Crippen molar-refractivity contribution in [2.75, 3.05) is 6.54 Å². The Morgan fingerprint density at radius 3 is 2.82 bits per heavy atom. The molecule has 0 atom stereocenters. The summed E-state index contributed by atoms with van der Waals surface area (Å²) >= 11 is 6.15. The lowest BCUT2D eigenvalue weighted by molar-refractivity contribution is -0.120. The summed E-state index contributed by atoms with van der Waals surface area (Å²) < 4.78 is 5.65. The van der Waals surface area contributed by atoms with Crippen LogP contribution in [0.3, 0.4) is 0 Å². The van der Waals surface area contributed by atoms with Crippen LogP contribution in [0.2, 0.25) is 5.02 Å². The van der Waals surface area contributed by atoms with E-state index in [1.807, 2.05) is 25.1 Å². The fraction of sp³-hybridized carbons (Fsp3) is 0.412. The standard InChI is InChI=1S/C17H21ClN2O2/c1-3-4-7-10-19-16(21)11-15-12(2)22-17(20-15)13-8-5-6-9-14(13)18/h5-6,8-9H,3-4,7,10-11H2,1-2H3,(H,19,21). The van der Waals surface area contributed by atoms with Crippen LogP contribution in [0.4, 0.5) is 0 Å². The molecule has 0 bridgehead atoms. The minimum Gasteiger partial charge on any atom is -0.441 e. The van der Waals surface area contributed by atoms with Crippen molar-refractivity contribution in [1.82, 2.24) is 10.3 Å². The fourth-order valence-corrected chi connectivity index (χ4v) is 2.38. The van der Waals surface area contributed by atoms with Gasteiger partial charge in [-0.2, -0.15) is 0 Å². The summed E-state index contributed by atoms with van der Waals surface area (Å²) in [6, 6.07) is 7.37. The van der Waals surface area contributed by atoms with Gasteiger partial charge in [0.15, 0.2) is 0 Å². The normalized spacial score (nSPS) is 10.7. The van der Waals surface area contributed by atoms with Gasteiger partial charge in [0.25, 0.3) is 0 Å². The molecule has 2 rings (SSSR count). The molecule has 4 nitrogen and oxygen atoms in total. The van der Waals surface area contributed by atoms with Gasteiger partial charge in [-0.15, -0.1) is 0 Å². The number of amides is 1. The molecule has 0 aliphatic heterocycles. The maximum atomic E-state index is 11.9. The Balaban J connectivity index is 2.01. The molecule has 1 heterocycles. The Hall–Kier alpha value is -1.81. The number of carbonyl (C=O) groups excluding carboxylic acids is 1. The zero-order chi connectivity index (χ0) is 15.9.